The van der Waals surface area contributed by atoms with Crippen molar-refractivity contribution in [2.24, 2.45) is 5.73 Å². The Hall–Kier alpha value is -3.23. The number of hydrogen-bond acceptors (Lipinski definition) is 2. The minimum Gasteiger partial charge on any atom is -0.314 e. The molecule has 4 aromatic rings. The molecule has 1 unspecified atom stereocenters. The number of aromatic nitrogens is 1. The second-order valence-corrected chi connectivity index (χ2v) is 9.09. The number of rotatable bonds is 6. The number of nitrogens with zero attached hydrogens (tertiary/aromatic N) is 1. The van der Waals surface area contributed by atoms with E-state index < -0.39 is 5.54 Å². The van der Waals surface area contributed by atoms with Gasteiger partial charge in [0.2, 0.25) is 0 Å². The first-order valence-electron chi connectivity index (χ1n) is 11.4. The van der Waals surface area contributed by atoms with Crippen LogP contribution in [-0.4, -0.2) is 4.98 Å². The fourth-order valence-corrected chi connectivity index (χ4v) is 4.62. The van der Waals surface area contributed by atoms with Crippen LogP contribution in [-0.2, 0) is 5.54 Å². The Morgan fingerprint density at radius 2 is 1.25 bits per heavy atom. The van der Waals surface area contributed by atoms with Crippen molar-refractivity contribution in [3.05, 3.63) is 125 Å². The third-order valence-electron chi connectivity index (χ3n) is 6.27. The summed E-state index contributed by atoms with van der Waals surface area (Å²) in [5.41, 5.74) is 14.8. The van der Waals surface area contributed by atoms with Crippen molar-refractivity contribution in [2.75, 3.05) is 0 Å². The highest BCUT2D eigenvalue weighted by Gasteiger charge is 2.37. The number of hydrogen-bond donors (Lipinski definition) is 1. The quantitative estimate of drug-likeness (QED) is 0.334. The summed E-state index contributed by atoms with van der Waals surface area (Å²) in [4.78, 5) is 4.57. The highest BCUT2D eigenvalue weighted by atomic mass is 14.8. The van der Waals surface area contributed by atoms with Crippen molar-refractivity contribution in [3.63, 3.8) is 0 Å². The standard InChI is InChI=1S/C30H32N2/c1-21(2)26-16-11-17-27(22(3)4)29(26)30(31,24-13-6-5-7-14-24)25-15-10-12-23(20-25)28-18-8-9-19-32-28/h5-22H,31H2,1-4H3. The zero-order valence-electron chi connectivity index (χ0n) is 19.4. The minimum atomic E-state index is -0.785. The van der Waals surface area contributed by atoms with E-state index in [9.17, 15) is 0 Å². The van der Waals surface area contributed by atoms with Gasteiger partial charge in [0, 0.05) is 11.8 Å². The molecule has 0 bridgehead atoms. The Balaban J connectivity index is 2.05. The normalized spacial score (nSPS) is 13.3. The lowest BCUT2D eigenvalue weighted by Gasteiger charge is -2.37. The average molecular weight is 421 g/mol. The summed E-state index contributed by atoms with van der Waals surface area (Å²) in [5.74, 6) is 0.712. The summed E-state index contributed by atoms with van der Waals surface area (Å²) in [7, 11) is 0. The lowest BCUT2D eigenvalue weighted by molar-refractivity contribution is 0.617. The van der Waals surface area contributed by atoms with Crippen molar-refractivity contribution in [3.8, 4) is 11.3 Å². The number of nitrogens with two attached hydrogens (primary N) is 1. The molecule has 3 aromatic carbocycles. The maximum atomic E-state index is 7.57. The van der Waals surface area contributed by atoms with Gasteiger partial charge in [-0.3, -0.25) is 4.98 Å². The van der Waals surface area contributed by atoms with E-state index in [0.29, 0.717) is 11.8 Å². The summed E-state index contributed by atoms with van der Waals surface area (Å²) in [6.45, 7) is 8.99. The Morgan fingerprint density at radius 1 is 0.656 bits per heavy atom. The topological polar surface area (TPSA) is 38.9 Å². The fourth-order valence-electron chi connectivity index (χ4n) is 4.62. The van der Waals surface area contributed by atoms with Crippen LogP contribution in [0.15, 0.2) is 97.2 Å². The number of pyridine rings is 1. The van der Waals surface area contributed by atoms with Gasteiger partial charge in [-0.1, -0.05) is 100 Å². The predicted molar refractivity (Wildman–Crippen MR) is 135 cm³/mol. The van der Waals surface area contributed by atoms with Crippen LogP contribution < -0.4 is 5.73 Å². The van der Waals surface area contributed by atoms with Crippen LogP contribution in [0.2, 0.25) is 0 Å². The fraction of sp³-hybridized carbons (Fsp3) is 0.233. The molecule has 0 amide bonds. The molecule has 0 spiro atoms. The highest BCUT2D eigenvalue weighted by molar-refractivity contribution is 5.64. The Morgan fingerprint density at radius 3 is 1.84 bits per heavy atom. The van der Waals surface area contributed by atoms with Crippen molar-refractivity contribution < 1.29 is 0 Å². The summed E-state index contributed by atoms with van der Waals surface area (Å²) in [5, 5.41) is 0. The van der Waals surface area contributed by atoms with Gasteiger partial charge in [-0.25, -0.2) is 0 Å². The van der Waals surface area contributed by atoms with E-state index in [1.807, 2.05) is 30.5 Å². The Labute approximate surface area is 192 Å². The van der Waals surface area contributed by atoms with Gasteiger partial charge < -0.3 is 5.73 Å². The first kappa shape index (κ1) is 22.0. The Kier molecular flexibility index (Phi) is 6.25. The largest absolute Gasteiger partial charge is 0.314 e. The molecular weight excluding hydrogens is 388 g/mol. The average Bonchev–Trinajstić information content (AvgIpc) is 2.84. The molecule has 0 aliphatic heterocycles. The molecule has 2 heteroatoms. The first-order chi connectivity index (χ1) is 15.4. The summed E-state index contributed by atoms with van der Waals surface area (Å²) in [6.07, 6.45) is 1.83. The van der Waals surface area contributed by atoms with Crippen LogP contribution in [0.4, 0.5) is 0 Å². The lowest BCUT2D eigenvalue weighted by atomic mass is 9.71. The van der Waals surface area contributed by atoms with Crippen LogP contribution in [0, 0.1) is 0 Å². The van der Waals surface area contributed by atoms with Crippen LogP contribution >= 0.6 is 0 Å². The third-order valence-corrected chi connectivity index (χ3v) is 6.27. The Bertz CT molecular complexity index is 1150. The predicted octanol–water partition coefficient (Wildman–Crippen LogP) is 7.25. The van der Waals surface area contributed by atoms with Crippen molar-refractivity contribution in [1.82, 2.24) is 4.98 Å². The maximum Gasteiger partial charge on any atom is 0.0928 e. The molecule has 0 fully saturated rings. The van der Waals surface area contributed by atoms with Gasteiger partial charge in [0.1, 0.15) is 0 Å². The van der Waals surface area contributed by atoms with E-state index in [0.717, 1.165) is 22.4 Å². The molecule has 1 heterocycles. The molecule has 0 aliphatic rings. The van der Waals surface area contributed by atoms with Gasteiger partial charge in [-0.15, -0.1) is 0 Å². The van der Waals surface area contributed by atoms with Crippen LogP contribution in [0.3, 0.4) is 0 Å². The molecule has 1 atom stereocenters. The smallest absolute Gasteiger partial charge is 0.0928 e. The van der Waals surface area contributed by atoms with Crippen LogP contribution in [0.25, 0.3) is 11.3 Å². The molecule has 1 aromatic heterocycles. The molecule has 0 saturated carbocycles. The van der Waals surface area contributed by atoms with Gasteiger partial charge >= 0.3 is 0 Å². The minimum absolute atomic E-state index is 0.356. The van der Waals surface area contributed by atoms with Gasteiger partial charge in [-0.05, 0) is 57.9 Å². The molecule has 162 valence electrons. The molecule has 2 N–H and O–H groups in total. The molecule has 2 nitrogen and oxygen atoms in total. The van der Waals surface area contributed by atoms with Crippen molar-refractivity contribution in [2.45, 2.75) is 45.1 Å². The SMILES string of the molecule is CC(C)c1cccc(C(C)C)c1C(N)(c1ccccc1)c1cccc(-c2ccccn2)c1. The number of benzene rings is 3. The zero-order chi connectivity index (χ0) is 22.7. The monoisotopic (exact) mass is 420 g/mol. The lowest BCUT2D eigenvalue weighted by Crippen LogP contribution is -2.41. The molecular formula is C30H32N2. The van der Waals surface area contributed by atoms with E-state index in [4.69, 9.17) is 5.73 Å². The van der Waals surface area contributed by atoms with Crippen molar-refractivity contribution in [1.29, 1.82) is 0 Å². The van der Waals surface area contributed by atoms with E-state index in [-0.39, 0.29) is 0 Å². The molecule has 0 saturated heterocycles. The van der Waals surface area contributed by atoms with E-state index >= 15 is 0 Å². The van der Waals surface area contributed by atoms with Gasteiger partial charge in [0.15, 0.2) is 0 Å². The van der Waals surface area contributed by atoms with Gasteiger partial charge in [0.25, 0.3) is 0 Å². The van der Waals surface area contributed by atoms with Crippen LogP contribution in [0.1, 0.15) is 67.3 Å². The first-order valence-corrected chi connectivity index (χ1v) is 11.4. The second-order valence-electron chi connectivity index (χ2n) is 9.09. The highest BCUT2D eigenvalue weighted by Crippen LogP contribution is 2.43. The van der Waals surface area contributed by atoms with Gasteiger partial charge in [0.05, 0.1) is 11.2 Å². The molecule has 0 radical (unpaired) electrons. The summed E-state index contributed by atoms with van der Waals surface area (Å²) < 4.78 is 0. The van der Waals surface area contributed by atoms with E-state index in [2.05, 4.69) is 99.4 Å². The van der Waals surface area contributed by atoms with Gasteiger partial charge in [-0.2, -0.15) is 0 Å². The molecule has 0 aliphatic carbocycles. The van der Waals surface area contributed by atoms with E-state index in [1.54, 1.807) is 0 Å². The van der Waals surface area contributed by atoms with Crippen molar-refractivity contribution >= 4 is 0 Å². The summed E-state index contributed by atoms with van der Waals surface area (Å²) in [6, 6.07) is 31.7. The van der Waals surface area contributed by atoms with E-state index in [1.165, 1.54) is 16.7 Å². The third kappa shape index (κ3) is 3.99. The molecule has 32 heavy (non-hydrogen) atoms. The molecule has 4 rings (SSSR count). The maximum absolute atomic E-state index is 7.57. The zero-order valence-corrected chi connectivity index (χ0v) is 19.4. The summed E-state index contributed by atoms with van der Waals surface area (Å²) >= 11 is 0. The second kappa shape index (κ2) is 9.10. The van der Waals surface area contributed by atoms with Crippen LogP contribution in [0.5, 0.6) is 0 Å².